The largest absolute Gasteiger partial charge is 0.314 e. The number of likely N-dealkylation sites (tertiary alicyclic amines) is 1. The van der Waals surface area contributed by atoms with Crippen molar-refractivity contribution in [3.05, 3.63) is 0 Å². The predicted octanol–water partition coefficient (Wildman–Crippen LogP) is 2.49. The summed E-state index contributed by atoms with van der Waals surface area (Å²) in [6.07, 6.45) is 2.62. The Morgan fingerprint density at radius 1 is 1.33 bits per heavy atom. The highest BCUT2D eigenvalue weighted by atomic mass is 15.2. The van der Waals surface area contributed by atoms with E-state index in [0.29, 0.717) is 5.41 Å². The van der Waals surface area contributed by atoms with Crippen molar-refractivity contribution in [2.75, 3.05) is 19.6 Å². The summed E-state index contributed by atoms with van der Waals surface area (Å²) in [5, 5.41) is 3.57. The summed E-state index contributed by atoms with van der Waals surface area (Å²) in [5.74, 6) is 0. The van der Waals surface area contributed by atoms with Gasteiger partial charge < -0.3 is 10.2 Å². The average Bonchev–Trinajstić information content (AvgIpc) is 2.08. The van der Waals surface area contributed by atoms with Crippen LogP contribution in [0.15, 0.2) is 0 Å². The molecule has 2 atom stereocenters. The van der Waals surface area contributed by atoms with Crippen molar-refractivity contribution in [1.29, 1.82) is 0 Å². The molecular formula is C13H28N2. The first-order valence-electron chi connectivity index (χ1n) is 6.40. The fraction of sp³-hybridized carbons (Fsp3) is 1.00. The minimum absolute atomic E-state index is 0.430. The van der Waals surface area contributed by atoms with Gasteiger partial charge in [-0.3, -0.25) is 0 Å². The quantitative estimate of drug-likeness (QED) is 0.773. The first-order chi connectivity index (χ1) is 6.92. The third-order valence-corrected chi connectivity index (χ3v) is 3.18. The van der Waals surface area contributed by atoms with Crippen LogP contribution in [0, 0.1) is 5.41 Å². The van der Waals surface area contributed by atoms with E-state index in [1.165, 1.54) is 25.9 Å². The highest BCUT2D eigenvalue weighted by Gasteiger charge is 2.27. The average molecular weight is 212 g/mol. The van der Waals surface area contributed by atoms with Gasteiger partial charge in [0, 0.05) is 18.6 Å². The molecule has 1 N–H and O–H groups in total. The molecule has 1 aliphatic rings. The molecule has 2 unspecified atom stereocenters. The molecule has 1 aliphatic heterocycles. The summed E-state index contributed by atoms with van der Waals surface area (Å²) < 4.78 is 0. The topological polar surface area (TPSA) is 15.3 Å². The van der Waals surface area contributed by atoms with Crippen molar-refractivity contribution in [3.8, 4) is 0 Å². The highest BCUT2D eigenvalue weighted by molar-refractivity contribution is 4.84. The zero-order chi connectivity index (χ0) is 11.5. The summed E-state index contributed by atoms with van der Waals surface area (Å²) in [5.41, 5.74) is 0.430. The van der Waals surface area contributed by atoms with Crippen LogP contribution >= 0.6 is 0 Å². The molecule has 1 saturated heterocycles. The SMILES string of the molecule is CCNC1CCN(CC(C)(C)C)C(C)C1. The van der Waals surface area contributed by atoms with Crippen LogP contribution < -0.4 is 5.32 Å². The van der Waals surface area contributed by atoms with Gasteiger partial charge >= 0.3 is 0 Å². The van der Waals surface area contributed by atoms with Crippen molar-refractivity contribution in [1.82, 2.24) is 10.2 Å². The maximum atomic E-state index is 3.57. The maximum absolute atomic E-state index is 3.57. The standard InChI is InChI=1S/C13H28N2/c1-6-14-12-7-8-15(11(2)9-12)10-13(3,4)5/h11-12,14H,6-10H2,1-5H3. The lowest BCUT2D eigenvalue weighted by atomic mass is 9.91. The minimum Gasteiger partial charge on any atom is -0.314 e. The van der Waals surface area contributed by atoms with Gasteiger partial charge in [-0.25, -0.2) is 0 Å². The first-order valence-corrected chi connectivity index (χ1v) is 6.40. The second-order valence-corrected chi connectivity index (χ2v) is 6.16. The van der Waals surface area contributed by atoms with E-state index in [4.69, 9.17) is 0 Å². The lowest BCUT2D eigenvalue weighted by Gasteiger charge is -2.41. The summed E-state index contributed by atoms with van der Waals surface area (Å²) in [6, 6.07) is 1.49. The molecule has 0 amide bonds. The summed E-state index contributed by atoms with van der Waals surface area (Å²) >= 11 is 0. The molecule has 0 saturated carbocycles. The number of piperidine rings is 1. The van der Waals surface area contributed by atoms with Crippen molar-refractivity contribution in [2.24, 2.45) is 5.41 Å². The van der Waals surface area contributed by atoms with Gasteiger partial charge in [-0.2, -0.15) is 0 Å². The second-order valence-electron chi connectivity index (χ2n) is 6.16. The molecule has 1 rings (SSSR count). The van der Waals surface area contributed by atoms with E-state index in [1.807, 2.05) is 0 Å². The molecule has 15 heavy (non-hydrogen) atoms. The molecule has 0 aliphatic carbocycles. The Morgan fingerprint density at radius 3 is 2.47 bits per heavy atom. The fourth-order valence-corrected chi connectivity index (χ4v) is 2.54. The zero-order valence-corrected chi connectivity index (χ0v) is 11.1. The number of nitrogens with zero attached hydrogens (tertiary/aromatic N) is 1. The second kappa shape index (κ2) is 5.31. The lowest BCUT2D eigenvalue weighted by Crippen LogP contribution is -2.49. The van der Waals surface area contributed by atoms with Gasteiger partial charge in [0.1, 0.15) is 0 Å². The summed E-state index contributed by atoms with van der Waals surface area (Å²) in [7, 11) is 0. The van der Waals surface area contributed by atoms with Gasteiger partial charge in [-0.15, -0.1) is 0 Å². The van der Waals surface area contributed by atoms with Crippen LogP contribution in [0.3, 0.4) is 0 Å². The number of rotatable bonds is 3. The Hall–Kier alpha value is -0.0800. The molecule has 0 aromatic heterocycles. The number of hydrogen-bond acceptors (Lipinski definition) is 2. The van der Waals surface area contributed by atoms with E-state index >= 15 is 0 Å². The van der Waals surface area contributed by atoms with E-state index in [1.54, 1.807) is 0 Å². The van der Waals surface area contributed by atoms with Crippen LogP contribution in [0.1, 0.15) is 47.5 Å². The smallest absolute Gasteiger partial charge is 0.00939 e. The Balaban J connectivity index is 2.39. The van der Waals surface area contributed by atoms with Gasteiger partial charge in [-0.1, -0.05) is 27.7 Å². The molecule has 0 spiro atoms. The third kappa shape index (κ3) is 4.52. The number of hydrogen-bond donors (Lipinski definition) is 1. The number of nitrogens with one attached hydrogen (secondary N) is 1. The molecule has 1 heterocycles. The molecule has 90 valence electrons. The van der Waals surface area contributed by atoms with Gasteiger partial charge in [0.05, 0.1) is 0 Å². The van der Waals surface area contributed by atoms with Crippen LogP contribution in [0.4, 0.5) is 0 Å². The van der Waals surface area contributed by atoms with Gasteiger partial charge in [0.2, 0.25) is 0 Å². The van der Waals surface area contributed by atoms with Crippen LogP contribution in [0.5, 0.6) is 0 Å². The summed E-state index contributed by atoms with van der Waals surface area (Å²) in [6.45, 7) is 15.2. The Labute approximate surface area is 95.4 Å². The van der Waals surface area contributed by atoms with E-state index in [-0.39, 0.29) is 0 Å². The van der Waals surface area contributed by atoms with Crippen molar-refractivity contribution >= 4 is 0 Å². The monoisotopic (exact) mass is 212 g/mol. The molecule has 2 heteroatoms. The van der Waals surface area contributed by atoms with Crippen LogP contribution in [0.25, 0.3) is 0 Å². The van der Waals surface area contributed by atoms with Crippen LogP contribution in [-0.2, 0) is 0 Å². The molecule has 2 nitrogen and oxygen atoms in total. The molecule has 0 aromatic rings. The third-order valence-electron chi connectivity index (χ3n) is 3.18. The first kappa shape index (κ1) is 13.0. The minimum atomic E-state index is 0.430. The fourth-order valence-electron chi connectivity index (χ4n) is 2.54. The molecule has 0 radical (unpaired) electrons. The van der Waals surface area contributed by atoms with E-state index in [2.05, 4.69) is 44.8 Å². The molecule has 0 aromatic carbocycles. The Morgan fingerprint density at radius 2 is 2.00 bits per heavy atom. The van der Waals surface area contributed by atoms with E-state index in [9.17, 15) is 0 Å². The van der Waals surface area contributed by atoms with Gasteiger partial charge in [-0.05, 0) is 38.3 Å². The normalized spacial score (nSPS) is 29.4. The van der Waals surface area contributed by atoms with E-state index < -0.39 is 0 Å². The summed E-state index contributed by atoms with van der Waals surface area (Å²) in [4.78, 5) is 2.65. The highest BCUT2D eigenvalue weighted by Crippen LogP contribution is 2.23. The van der Waals surface area contributed by atoms with Crippen LogP contribution in [-0.4, -0.2) is 36.6 Å². The van der Waals surface area contributed by atoms with Crippen molar-refractivity contribution in [2.45, 2.75) is 59.5 Å². The lowest BCUT2D eigenvalue weighted by molar-refractivity contribution is 0.0967. The van der Waals surface area contributed by atoms with Crippen LogP contribution in [0.2, 0.25) is 0 Å². The van der Waals surface area contributed by atoms with Gasteiger partial charge in [0.25, 0.3) is 0 Å². The maximum Gasteiger partial charge on any atom is 0.00939 e. The van der Waals surface area contributed by atoms with Crippen molar-refractivity contribution < 1.29 is 0 Å². The molecule has 0 bridgehead atoms. The molecular weight excluding hydrogens is 184 g/mol. The Bertz CT molecular complexity index is 183. The van der Waals surface area contributed by atoms with Crippen molar-refractivity contribution in [3.63, 3.8) is 0 Å². The Kier molecular flexibility index (Phi) is 4.60. The predicted molar refractivity (Wildman–Crippen MR) is 67.2 cm³/mol. The van der Waals surface area contributed by atoms with E-state index in [0.717, 1.165) is 18.6 Å². The van der Waals surface area contributed by atoms with Gasteiger partial charge in [0.15, 0.2) is 0 Å². The zero-order valence-electron chi connectivity index (χ0n) is 11.1. The molecule has 1 fully saturated rings.